The van der Waals surface area contributed by atoms with Gasteiger partial charge in [-0.15, -0.1) is 0 Å². The number of nitrogen functional groups attached to an aromatic ring is 1. The largest absolute Gasteiger partial charge is 0.478 e. The number of hydrogen-bond donors (Lipinski definition) is 3. The fraction of sp³-hybridized carbons (Fsp3) is 0.133. The van der Waals surface area contributed by atoms with Crippen molar-refractivity contribution in [3.63, 3.8) is 0 Å². The summed E-state index contributed by atoms with van der Waals surface area (Å²) in [4.78, 5) is 11.1. The molecule has 0 unspecified atom stereocenters. The van der Waals surface area contributed by atoms with Gasteiger partial charge in [0.25, 0.3) is 0 Å². The molecular weight excluding hydrogens is 311 g/mol. The zero-order chi connectivity index (χ0) is 15.4. The number of anilines is 2. The highest BCUT2D eigenvalue weighted by molar-refractivity contribution is 6.35. The van der Waals surface area contributed by atoms with Gasteiger partial charge in [0.15, 0.2) is 0 Å². The predicted molar refractivity (Wildman–Crippen MR) is 86.5 cm³/mol. The Kier molecular flexibility index (Phi) is 4.94. The number of nitrogens with two attached hydrogens (primary N) is 1. The summed E-state index contributed by atoms with van der Waals surface area (Å²) < 4.78 is 0. The maximum atomic E-state index is 11.1. The summed E-state index contributed by atoms with van der Waals surface area (Å²) in [5, 5.41) is 13.4. The highest BCUT2D eigenvalue weighted by Gasteiger charge is 2.10. The summed E-state index contributed by atoms with van der Waals surface area (Å²) in [6.07, 6.45) is 0.643. The first kappa shape index (κ1) is 15.5. The lowest BCUT2D eigenvalue weighted by Gasteiger charge is -2.11. The van der Waals surface area contributed by atoms with Crippen LogP contribution in [0.5, 0.6) is 0 Å². The van der Waals surface area contributed by atoms with Crippen molar-refractivity contribution in [3.8, 4) is 0 Å². The van der Waals surface area contributed by atoms with Gasteiger partial charge in [0.1, 0.15) is 0 Å². The highest BCUT2D eigenvalue weighted by atomic mass is 35.5. The molecule has 4 N–H and O–H groups in total. The molecule has 0 bridgehead atoms. The van der Waals surface area contributed by atoms with Gasteiger partial charge in [-0.2, -0.15) is 0 Å². The van der Waals surface area contributed by atoms with Crippen molar-refractivity contribution in [3.05, 3.63) is 57.6 Å². The Morgan fingerprint density at radius 2 is 1.95 bits per heavy atom. The molecule has 0 atom stereocenters. The minimum absolute atomic E-state index is 0.186. The van der Waals surface area contributed by atoms with Crippen molar-refractivity contribution in [2.75, 3.05) is 17.6 Å². The fourth-order valence-corrected chi connectivity index (χ4v) is 2.45. The van der Waals surface area contributed by atoms with Gasteiger partial charge < -0.3 is 16.2 Å². The zero-order valence-corrected chi connectivity index (χ0v) is 12.6. The zero-order valence-electron chi connectivity index (χ0n) is 11.1. The van der Waals surface area contributed by atoms with E-state index in [0.717, 1.165) is 5.56 Å². The average molecular weight is 325 g/mol. The molecule has 0 saturated heterocycles. The van der Waals surface area contributed by atoms with Crippen LogP contribution in [0.4, 0.5) is 11.4 Å². The van der Waals surface area contributed by atoms with E-state index in [1.807, 2.05) is 6.07 Å². The molecule has 21 heavy (non-hydrogen) atoms. The number of aromatic carboxylic acids is 1. The number of carboxylic acid groups (broad SMARTS) is 1. The lowest BCUT2D eigenvalue weighted by molar-refractivity contribution is 0.0698. The summed E-state index contributed by atoms with van der Waals surface area (Å²) in [5.41, 5.74) is 7.81. The van der Waals surface area contributed by atoms with E-state index in [9.17, 15) is 4.79 Å². The molecule has 0 spiro atoms. The van der Waals surface area contributed by atoms with Gasteiger partial charge in [-0.25, -0.2) is 4.79 Å². The molecule has 2 rings (SSSR count). The molecule has 2 aromatic rings. The van der Waals surface area contributed by atoms with Crippen LogP contribution in [0.1, 0.15) is 15.9 Å². The van der Waals surface area contributed by atoms with Crippen LogP contribution in [0.2, 0.25) is 10.0 Å². The molecule has 0 aliphatic rings. The fourth-order valence-electron chi connectivity index (χ4n) is 1.95. The number of benzene rings is 2. The van der Waals surface area contributed by atoms with E-state index in [4.69, 9.17) is 34.0 Å². The van der Waals surface area contributed by atoms with E-state index in [2.05, 4.69) is 5.32 Å². The predicted octanol–water partition coefficient (Wildman–Crippen LogP) is 3.93. The number of rotatable bonds is 5. The van der Waals surface area contributed by atoms with Gasteiger partial charge in [0.2, 0.25) is 0 Å². The standard InChI is InChI=1S/C15H14Cl2N2O2/c16-10-2-1-9(13(17)7-10)5-6-19-14-8-11(18)3-4-12(14)15(20)21/h1-4,7-8,19H,5-6,18H2,(H,20,21). The van der Waals surface area contributed by atoms with Gasteiger partial charge >= 0.3 is 5.97 Å². The first-order valence-electron chi connectivity index (χ1n) is 6.28. The van der Waals surface area contributed by atoms with Crippen molar-refractivity contribution in [1.82, 2.24) is 0 Å². The highest BCUT2D eigenvalue weighted by Crippen LogP contribution is 2.22. The van der Waals surface area contributed by atoms with Gasteiger partial charge in [-0.1, -0.05) is 29.3 Å². The molecule has 0 saturated carbocycles. The third kappa shape index (κ3) is 4.03. The lowest BCUT2D eigenvalue weighted by Crippen LogP contribution is -2.10. The number of carboxylic acids is 1. The maximum Gasteiger partial charge on any atom is 0.337 e. The quantitative estimate of drug-likeness (QED) is 0.728. The van der Waals surface area contributed by atoms with Crippen molar-refractivity contribution in [2.24, 2.45) is 0 Å². The molecule has 0 radical (unpaired) electrons. The number of nitrogens with one attached hydrogen (secondary N) is 1. The second-order valence-electron chi connectivity index (χ2n) is 4.52. The van der Waals surface area contributed by atoms with E-state index in [-0.39, 0.29) is 5.56 Å². The first-order chi connectivity index (χ1) is 9.97. The Labute approximate surface area is 132 Å². The van der Waals surface area contributed by atoms with Crippen LogP contribution in [-0.2, 0) is 6.42 Å². The van der Waals surface area contributed by atoms with Crippen molar-refractivity contribution >= 4 is 40.5 Å². The van der Waals surface area contributed by atoms with E-state index in [1.165, 1.54) is 6.07 Å². The SMILES string of the molecule is Nc1ccc(C(=O)O)c(NCCc2ccc(Cl)cc2Cl)c1. The minimum Gasteiger partial charge on any atom is -0.478 e. The monoisotopic (exact) mass is 324 g/mol. The number of halogens is 2. The second-order valence-corrected chi connectivity index (χ2v) is 5.37. The van der Waals surface area contributed by atoms with Crippen LogP contribution in [0.15, 0.2) is 36.4 Å². The first-order valence-corrected chi connectivity index (χ1v) is 7.03. The smallest absolute Gasteiger partial charge is 0.337 e. The van der Waals surface area contributed by atoms with Crippen LogP contribution in [0, 0.1) is 0 Å². The molecule has 0 aromatic heterocycles. The van der Waals surface area contributed by atoms with E-state index < -0.39 is 5.97 Å². The molecular formula is C15H14Cl2N2O2. The molecule has 0 aliphatic carbocycles. The molecule has 4 nitrogen and oxygen atoms in total. The van der Waals surface area contributed by atoms with Gasteiger partial charge in [0, 0.05) is 22.3 Å². The molecule has 0 amide bonds. The molecule has 0 heterocycles. The van der Waals surface area contributed by atoms with Crippen molar-refractivity contribution < 1.29 is 9.90 Å². The Morgan fingerprint density at radius 1 is 1.19 bits per heavy atom. The van der Waals surface area contributed by atoms with Crippen LogP contribution in [-0.4, -0.2) is 17.6 Å². The maximum absolute atomic E-state index is 11.1. The lowest BCUT2D eigenvalue weighted by atomic mass is 10.1. The van der Waals surface area contributed by atoms with Crippen LogP contribution in [0.25, 0.3) is 0 Å². The molecule has 0 fully saturated rings. The molecule has 2 aromatic carbocycles. The van der Waals surface area contributed by atoms with Crippen LogP contribution in [0.3, 0.4) is 0 Å². The third-order valence-corrected chi connectivity index (χ3v) is 3.59. The topological polar surface area (TPSA) is 75.4 Å². The minimum atomic E-state index is -0.998. The van der Waals surface area contributed by atoms with Crippen molar-refractivity contribution in [2.45, 2.75) is 6.42 Å². The average Bonchev–Trinajstić information content (AvgIpc) is 2.41. The summed E-state index contributed by atoms with van der Waals surface area (Å²) in [6.45, 7) is 0.533. The molecule has 110 valence electrons. The molecule has 6 heteroatoms. The molecule has 0 aliphatic heterocycles. The van der Waals surface area contributed by atoms with E-state index >= 15 is 0 Å². The Morgan fingerprint density at radius 3 is 2.62 bits per heavy atom. The third-order valence-electron chi connectivity index (χ3n) is 3.00. The second kappa shape index (κ2) is 6.70. The number of hydrogen-bond acceptors (Lipinski definition) is 3. The summed E-state index contributed by atoms with van der Waals surface area (Å²) in [6, 6.07) is 9.95. The van der Waals surface area contributed by atoms with Crippen LogP contribution < -0.4 is 11.1 Å². The Bertz CT molecular complexity index is 675. The van der Waals surface area contributed by atoms with Gasteiger partial charge in [-0.05, 0) is 42.3 Å². The van der Waals surface area contributed by atoms with E-state index in [0.29, 0.717) is 34.4 Å². The normalized spacial score (nSPS) is 10.4. The van der Waals surface area contributed by atoms with Crippen LogP contribution >= 0.6 is 23.2 Å². The summed E-state index contributed by atoms with van der Waals surface area (Å²) in [5.74, 6) is -0.998. The Balaban J connectivity index is 2.06. The summed E-state index contributed by atoms with van der Waals surface area (Å²) >= 11 is 11.9. The number of carbonyl (C=O) groups is 1. The Hall–Kier alpha value is -1.91. The van der Waals surface area contributed by atoms with Gasteiger partial charge in [0.05, 0.1) is 11.3 Å². The van der Waals surface area contributed by atoms with E-state index in [1.54, 1.807) is 24.3 Å². The van der Waals surface area contributed by atoms with Crippen molar-refractivity contribution in [1.29, 1.82) is 0 Å². The van der Waals surface area contributed by atoms with Gasteiger partial charge in [-0.3, -0.25) is 0 Å². The summed E-state index contributed by atoms with van der Waals surface area (Å²) in [7, 11) is 0.